The van der Waals surface area contributed by atoms with Gasteiger partial charge in [0.2, 0.25) is 0 Å². The SMILES string of the molecule is CCCCC.CCOc1ccc(C[C@@H](CN(CCN(CC(=O)OC(C)(C)C)CC(=O)OC(C)(C)C)CC(=O)OC(C)(C)C)N(CC(=O)OC(C)(C)C)CC(=O)OC(C)(C)C)cc1.Cc1ccc(C[C@H](N)CNCCN)cc1.Cc1ccc(C[C@H](N)CNCCN)cc1. The lowest BCUT2D eigenvalue weighted by Crippen LogP contribution is -2.52. The lowest BCUT2D eigenvalue weighted by atomic mass is 10.0. The topological polar surface area (TPSA) is 279 Å². The van der Waals surface area contributed by atoms with E-state index < -0.39 is 63.9 Å². The molecule has 0 bridgehead atoms. The molecule has 0 aliphatic rings. The van der Waals surface area contributed by atoms with Crippen LogP contribution in [0.1, 0.15) is 172 Å². The van der Waals surface area contributed by atoms with Gasteiger partial charge in [-0.3, -0.25) is 38.7 Å². The number of nitrogens with two attached hydrogens (primary N) is 4. The highest BCUT2D eigenvalue weighted by atomic mass is 16.6. The second-order valence-electron chi connectivity index (χ2n) is 28.5. The first-order valence-corrected chi connectivity index (χ1v) is 33.1. The van der Waals surface area contributed by atoms with Crippen molar-refractivity contribution >= 4 is 29.8 Å². The van der Waals surface area contributed by atoms with Crippen molar-refractivity contribution in [2.75, 3.05) is 98.2 Å². The van der Waals surface area contributed by atoms with E-state index in [-0.39, 0.29) is 64.4 Å². The molecule has 0 aromatic heterocycles. The average Bonchev–Trinajstić information content (AvgIpc) is 1.97. The molecule has 0 heterocycles. The maximum absolute atomic E-state index is 13.5. The Morgan fingerprint density at radius 3 is 1.05 bits per heavy atom. The van der Waals surface area contributed by atoms with Crippen molar-refractivity contribution in [2.45, 2.75) is 223 Å². The normalized spacial score (nSPS) is 12.9. The third-order valence-electron chi connectivity index (χ3n) is 12.6. The molecule has 0 amide bonds. The van der Waals surface area contributed by atoms with Crippen LogP contribution in [0.3, 0.4) is 0 Å². The first-order valence-electron chi connectivity index (χ1n) is 33.1. The van der Waals surface area contributed by atoms with Crippen molar-refractivity contribution < 1.29 is 52.4 Å². The molecule has 3 atom stereocenters. The molecule has 20 nitrogen and oxygen atoms in total. The Hall–Kier alpha value is -5.55. The van der Waals surface area contributed by atoms with Crippen LogP contribution < -0.4 is 38.3 Å². The summed E-state index contributed by atoms with van der Waals surface area (Å²) in [6, 6.07) is 24.3. The second-order valence-corrected chi connectivity index (χ2v) is 28.5. The zero-order valence-electron chi connectivity index (χ0n) is 60.7. The Bertz CT molecular complexity index is 2360. The van der Waals surface area contributed by atoms with E-state index in [0.717, 1.165) is 44.6 Å². The van der Waals surface area contributed by atoms with Crippen LogP contribution in [0.15, 0.2) is 72.8 Å². The van der Waals surface area contributed by atoms with Gasteiger partial charge in [0.05, 0.1) is 39.3 Å². The molecule has 3 rings (SSSR count). The maximum Gasteiger partial charge on any atom is 0.320 e. The van der Waals surface area contributed by atoms with Gasteiger partial charge in [-0.15, -0.1) is 0 Å². The smallest absolute Gasteiger partial charge is 0.320 e. The number of aryl methyl sites for hydroxylation is 2. The van der Waals surface area contributed by atoms with Crippen LogP contribution in [0.25, 0.3) is 0 Å². The Balaban J connectivity index is 0.00000188. The molecule has 0 radical (unpaired) electrons. The van der Waals surface area contributed by atoms with Gasteiger partial charge in [0.25, 0.3) is 0 Å². The van der Waals surface area contributed by atoms with Gasteiger partial charge in [-0.1, -0.05) is 105 Å². The van der Waals surface area contributed by atoms with E-state index in [9.17, 15) is 24.0 Å². The van der Waals surface area contributed by atoms with Crippen molar-refractivity contribution in [3.05, 3.63) is 101 Å². The number of rotatable bonds is 34. The Labute approximate surface area is 555 Å². The number of esters is 5. The summed E-state index contributed by atoms with van der Waals surface area (Å²) in [6.07, 6.45) is 6.26. The molecule has 0 aliphatic carbocycles. The lowest BCUT2D eigenvalue weighted by Gasteiger charge is -2.36. The molecule has 0 spiro atoms. The van der Waals surface area contributed by atoms with Crippen molar-refractivity contribution in [2.24, 2.45) is 22.9 Å². The minimum absolute atomic E-state index is 0.148. The summed E-state index contributed by atoms with van der Waals surface area (Å²) in [5, 5.41) is 6.43. The first kappa shape index (κ1) is 86.5. The molecule has 3 aromatic carbocycles. The van der Waals surface area contributed by atoms with E-state index in [2.05, 4.69) is 86.9 Å². The lowest BCUT2D eigenvalue weighted by molar-refractivity contribution is -0.162. The van der Waals surface area contributed by atoms with Crippen LogP contribution in [0.2, 0.25) is 0 Å². The number of benzene rings is 3. The average molecular weight is 1290 g/mol. The van der Waals surface area contributed by atoms with Crippen LogP contribution in [0.4, 0.5) is 0 Å². The van der Waals surface area contributed by atoms with Crippen LogP contribution in [-0.4, -0.2) is 189 Å². The largest absolute Gasteiger partial charge is 0.494 e. The molecule has 10 N–H and O–H groups in total. The van der Waals surface area contributed by atoms with Crippen molar-refractivity contribution in [1.82, 2.24) is 25.3 Å². The van der Waals surface area contributed by atoms with Gasteiger partial charge in [0.1, 0.15) is 33.8 Å². The predicted octanol–water partition coefficient (Wildman–Crippen LogP) is 8.63. The van der Waals surface area contributed by atoms with E-state index in [1.54, 1.807) is 114 Å². The second kappa shape index (κ2) is 44.9. The van der Waals surface area contributed by atoms with Crippen molar-refractivity contribution in [3.8, 4) is 5.75 Å². The molecular formula is C72H127N9O11. The highest BCUT2D eigenvalue weighted by Crippen LogP contribution is 2.20. The molecule has 92 heavy (non-hydrogen) atoms. The minimum Gasteiger partial charge on any atom is -0.494 e. The number of ether oxygens (including phenoxy) is 6. The Morgan fingerprint density at radius 1 is 0.446 bits per heavy atom. The molecular weight excluding hydrogens is 1170 g/mol. The molecule has 526 valence electrons. The van der Waals surface area contributed by atoms with Gasteiger partial charge >= 0.3 is 29.8 Å². The molecule has 0 fully saturated rings. The van der Waals surface area contributed by atoms with Crippen LogP contribution in [0, 0.1) is 13.8 Å². The highest BCUT2D eigenvalue weighted by Gasteiger charge is 2.32. The van der Waals surface area contributed by atoms with Gasteiger partial charge in [-0.05, 0) is 173 Å². The van der Waals surface area contributed by atoms with E-state index in [1.807, 2.05) is 36.1 Å². The standard InChI is InChI=1S/C43H73N3O11.2C12H21N3.C5H12/c1-17-52-33-20-18-31(19-21-33)24-32(46(29-37(50)56-42(11,12)13)30-38(51)57-43(14,15)16)25-44(26-34(47)53-39(2,3)4)22-23-45(27-35(48)54-40(5,6)7)28-36(49)55-41(8,9)10;2*1-10-2-4-11(5-3-10)8-12(14)9-15-7-6-13;1-3-5-4-2/h18-21,32H,17,22-30H2,1-16H3;2*2-5,12,15H,6-9,13-14H2,1H3;3-5H2,1-2H3/t32-;2*12-;/m000./s1. The highest BCUT2D eigenvalue weighted by molar-refractivity contribution is 5.76. The summed E-state index contributed by atoms with van der Waals surface area (Å²) >= 11 is 0. The fourth-order valence-corrected chi connectivity index (χ4v) is 8.89. The van der Waals surface area contributed by atoms with E-state index in [4.69, 9.17) is 51.4 Å². The van der Waals surface area contributed by atoms with E-state index >= 15 is 0 Å². The molecule has 0 saturated carbocycles. The van der Waals surface area contributed by atoms with Gasteiger partial charge in [0.15, 0.2) is 0 Å². The summed E-state index contributed by atoms with van der Waals surface area (Å²) in [7, 11) is 0. The third-order valence-corrected chi connectivity index (χ3v) is 12.6. The van der Waals surface area contributed by atoms with Crippen LogP contribution >= 0.6 is 0 Å². The minimum atomic E-state index is -0.784. The summed E-state index contributed by atoms with van der Waals surface area (Å²) in [4.78, 5) is 71.6. The predicted molar refractivity (Wildman–Crippen MR) is 374 cm³/mol. The Morgan fingerprint density at radius 2 is 0.750 bits per heavy atom. The summed E-state index contributed by atoms with van der Waals surface area (Å²) in [6.45, 7) is 41.5. The molecule has 0 saturated heterocycles. The number of carbonyl (C=O) groups excluding carboxylic acids is 5. The number of nitrogens with one attached hydrogen (secondary N) is 2. The quantitative estimate of drug-likeness (QED) is 0.0185. The van der Waals surface area contributed by atoms with Crippen LogP contribution in [0.5, 0.6) is 5.75 Å². The maximum atomic E-state index is 13.5. The summed E-state index contributed by atoms with van der Waals surface area (Å²) < 4.78 is 34.0. The van der Waals surface area contributed by atoms with Crippen molar-refractivity contribution in [1.29, 1.82) is 0 Å². The van der Waals surface area contributed by atoms with Crippen molar-refractivity contribution in [3.63, 3.8) is 0 Å². The zero-order valence-corrected chi connectivity index (χ0v) is 60.7. The number of hydrogen-bond acceptors (Lipinski definition) is 20. The molecule has 0 aliphatic heterocycles. The number of unbranched alkanes of at least 4 members (excludes halogenated alkanes) is 2. The molecule has 3 aromatic rings. The van der Waals surface area contributed by atoms with E-state index in [1.165, 1.54) is 41.5 Å². The third kappa shape index (κ3) is 49.1. The Kier molecular flexibility index (Phi) is 42.2. The fourth-order valence-electron chi connectivity index (χ4n) is 8.89. The fraction of sp³-hybridized carbons (Fsp3) is 0.681. The summed E-state index contributed by atoms with van der Waals surface area (Å²) in [5.41, 5.74) is 24.9. The van der Waals surface area contributed by atoms with Gasteiger partial charge in [0, 0.05) is 77.0 Å². The van der Waals surface area contributed by atoms with Gasteiger partial charge < -0.3 is 62.0 Å². The number of hydrogen-bond donors (Lipinski definition) is 6. The number of carbonyl (C=O) groups is 5. The molecule has 20 heteroatoms. The summed E-state index contributed by atoms with van der Waals surface area (Å²) in [5.74, 6) is -1.94. The van der Waals surface area contributed by atoms with E-state index in [0.29, 0.717) is 31.9 Å². The zero-order chi connectivity index (χ0) is 70.3. The van der Waals surface area contributed by atoms with Crippen LogP contribution in [-0.2, 0) is 66.9 Å². The molecule has 0 unspecified atom stereocenters. The first-order chi connectivity index (χ1) is 42.7. The van der Waals surface area contributed by atoms with Gasteiger partial charge in [-0.2, -0.15) is 0 Å². The van der Waals surface area contributed by atoms with Gasteiger partial charge in [-0.25, -0.2) is 0 Å². The monoisotopic (exact) mass is 1290 g/mol. The number of nitrogens with zero attached hydrogens (tertiary/aromatic N) is 3.